The highest BCUT2D eigenvalue weighted by molar-refractivity contribution is 14.0. The Balaban J connectivity index is 0.00000529. The molecule has 0 amide bonds. The molecule has 24 heavy (non-hydrogen) atoms. The summed E-state index contributed by atoms with van der Waals surface area (Å²) in [6.45, 7) is 10.4. The minimum absolute atomic E-state index is 0. The monoisotopic (exact) mass is 448 g/mol. The molecule has 1 aromatic carbocycles. The number of methoxy groups -OCH3 is 1. The highest BCUT2D eigenvalue weighted by atomic mass is 127. The maximum atomic E-state index is 5.42. The van der Waals surface area contributed by atoms with Crippen LogP contribution in [0.4, 0.5) is 0 Å². The van der Waals surface area contributed by atoms with Gasteiger partial charge < -0.3 is 15.0 Å². The summed E-state index contributed by atoms with van der Waals surface area (Å²) in [4.78, 5) is 8.94. The van der Waals surface area contributed by atoms with E-state index in [1.807, 2.05) is 32.3 Å². The van der Waals surface area contributed by atoms with E-state index in [1.165, 1.54) is 0 Å². The molecule has 0 saturated heterocycles. The number of aliphatic imine (C=N–C) groups is 1. The van der Waals surface area contributed by atoms with E-state index < -0.39 is 0 Å². The van der Waals surface area contributed by atoms with E-state index in [0.717, 1.165) is 43.5 Å². The SMILES string of the molecule is CCN(CC)C(C)CNC(=NC)N(C)Cc1ccccc1OC.I. The third-order valence-electron chi connectivity index (χ3n) is 4.16. The number of guanidine groups is 1. The molecule has 1 rings (SSSR count). The Labute approximate surface area is 164 Å². The van der Waals surface area contributed by atoms with Crippen molar-refractivity contribution in [1.82, 2.24) is 15.1 Å². The van der Waals surface area contributed by atoms with Crippen molar-refractivity contribution in [2.75, 3.05) is 40.8 Å². The molecule has 0 spiro atoms. The van der Waals surface area contributed by atoms with Crippen LogP contribution in [-0.2, 0) is 6.54 Å². The molecule has 0 aromatic heterocycles. The molecule has 0 bridgehead atoms. The van der Waals surface area contributed by atoms with Crippen molar-refractivity contribution in [3.8, 4) is 5.75 Å². The summed E-state index contributed by atoms with van der Waals surface area (Å²) in [5.74, 6) is 1.81. The molecule has 1 N–H and O–H groups in total. The Hall–Kier alpha value is -1.02. The third-order valence-corrected chi connectivity index (χ3v) is 4.16. The molecule has 138 valence electrons. The van der Waals surface area contributed by atoms with Crippen LogP contribution in [0.3, 0.4) is 0 Å². The highest BCUT2D eigenvalue weighted by Gasteiger charge is 2.13. The summed E-state index contributed by atoms with van der Waals surface area (Å²) < 4.78 is 5.42. The zero-order valence-corrected chi connectivity index (χ0v) is 18.2. The van der Waals surface area contributed by atoms with Crippen LogP contribution in [0.25, 0.3) is 0 Å². The van der Waals surface area contributed by atoms with Crippen molar-refractivity contribution in [2.24, 2.45) is 4.99 Å². The van der Waals surface area contributed by atoms with Crippen LogP contribution < -0.4 is 10.1 Å². The van der Waals surface area contributed by atoms with Crippen LogP contribution in [0, 0.1) is 0 Å². The van der Waals surface area contributed by atoms with Crippen molar-refractivity contribution in [1.29, 1.82) is 0 Å². The first-order valence-corrected chi connectivity index (χ1v) is 8.35. The number of para-hydroxylation sites is 1. The van der Waals surface area contributed by atoms with Crippen LogP contribution in [0.5, 0.6) is 5.75 Å². The molecule has 0 aliphatic carbocycles. The molecule has 1 aromatic rings. The van der Waals surface area contributed by atoms with Gasteiger partial charge in [-0.25, -0.2) is 0 Å². The standard InChI is InChI=1S/C18H32N4O.HI/c1-7-22(8-2)15(3)13-20-18(19-4)21(5)14-16-11-9-10-12-17(16)23-6;/h9-12,15H,7-8,13-14H2,1-6H3,(H,19,20);1H. The number of likely N-dealkylation sites (N-methyl/N-ethyl adjacent to an activating group) is 1. The quantitative estimate of drug-likeness (QED) is 0.377. The van der Waals surface area contributed by atoms with Gasteiger partial charge in [-0.3, -0.25) is 9.89 Å². The first-order chi connectivity index (χ1) is 11.1. The van der Waals surface area contributed by atoms with Gasteiger partial charge in [0.25, 0.3) is 0 Å². The largest absolute Gasteiger partial charge is 0.496 e. The van der Waals surface area contributed by atoms with Gasteiger partial charge in [-0.2, -0.15) is 0 Å². The second kappa shape index (κ2) is 12.4. The molecule has 0 aliphatic heterocycles. The predicted molar refractivity (Wildman–Crippen MR) is 114 cm³/mol. The number of hydrogen-bond donors (Lipinski definition) is 1. The molecule has 6 heteroatoms. The van der Waals surface area contributed by atoms with Crippen molar-refractivity contribution in [2.45, 2.75) is 33.4 Å². The van der Waals surface area contributed by atoms with Crippen molar-refractivity contribution in [3.63, 3.8) is 0 Å². The van der Waals surface area contributed by atoms with E-state index in [9.17, 15) is 0 Å². The molecule has 0 fully saturated rings. The lowest BCUT2D eigenvalue weighted by atomic mass is 10.2. The molecule has 5 nitrogen and oxygen atoms in total. The van der Waals surface area contributed by atoms with Gasteiger partial charge in [0.05, 0.1) is 7.11 Å². The van der Waals surface area contributed by atoms with Gasteiger partial charge in [-0.1, -0.05) is 32.0 Å². The maximum absolute atomic E-state index is 5.42. The first-order valence-electron chi connectivity index (χ1n) is 8.35. The molecule has 0 radical (unpaired) electrons. The van der Waals surface area contributed by atoms with Crippen LogP contribution in [-0.4, -0.2) is 62.6 Å². The molecule has 1 unspecified atom stereocenters. The molecular formula is C18H33IN4O. The summed E-state index contributed by atoms with van der Waals surface area (Å²) in [6.07, 6.45) is 0. The van der Waals surface area contributed by atoms with E-state index in [0.29, 0.717) is 6.04 Å². The number of nitrogens with one attached hydrogen (secondary N) is 1. The van der Waals surface area contributed by atoms with Gasteiger partial charge in [0.1, 0.15) is 5.75 Å². The van der Waals surface area contributed by atoms with E-state index in [-0.39, 0.29) is 24.0 Å². The average molecular weight is 448 g/mol. The summed E-state index contributed by atoms with van der Waals surface area (Å²) in [6, 6.07) is 8.57. The normalized spacial score (nSPS) is 12.5. The van der Waals surface area contributed by atoms with Crippen LogP contribution in [0.1, 0.15) is 26.3 Å². The average Bonchev–Trinajstić information content (AvgIpc) is 2.57. The lowest BCUT2D eigenvalue weighted by Gasteiger charge is -2.29. The zero-order chi connectivity index (χ0) is 17.2. The topological polar surface area (TPSA) is 40.1 Å². The molecule has 0 saturated carbocycles. The summed E-state index contributed by atoms with van der Waals surface area (Å²) in [5, 5.41) is 3.47. The van der Waals surface area contributed by atoms with Crippen LogP contribution in [0.15, 0.2) is 29.3 Å². The van der Waals surface area contributed by atoms with Gasteiger partial charge >= 0.3 is 0 Å². The van der Waals surface area contributed by atoms with Gasteiger partial charge in [0, 0.05) is 38.8 Å². The smallest absolute Gasteiger partial charge is 0.193 e. The molecule has 1 atom stereocenters. The predicted octanol–water partition coefficient (Wildman–Crippen LogP) is 3.05. The van der Waals surface area contributed by atoms with E-state index in [2.05, 4.69) is 46.9 Å². The van der Waals surface area contributed by atoms with E-state index >= 15 is 0 Å². The molecule has 0 aliphatic rings. The van der Waals surface area contributed by atoms with Gasteiger partial charge in [0.15, 0.2) is 5.96 Å². The second-order valence-electron chi connectivity index (χ2n) is 5.67. The van der Waals surface area contributed by atoms with Crippen molar-refractivity contribution < 1.29 is 4.74 Å². The third kappa shape index (κ3) is 6.84. The Morgan fingerprint density at radius 3 is 2.42 bits per heavy atom. The number of ether oxygens (including phenoxy) is 1. The van der Waals surface area contributed by atoms with Gasteiger partial charge in [-0.05, 0) is 26.1 Å². The Bertz CT molecular complexity index is 492. The van der Waals surface area contributed by atoms with Crippen molar-refractivity contribution in [3.05, 3.63) is 29.8 Å². The van der Waals surface area contributed by atoms with E-state index in [1.54, 1.807) is 7.11 Å². The van der Waals surface area contributed by atoms with Gasteiger partial charge in [0.2, 0.25) is 0 Å². The minimum atomic E-state index is 0. The zero-order valence-electron chi connectivity index (χ0n) is 15.9. The lowest BCUT2D eigenvalue weighted by molar-refractivity contribution is 0.230. The summed E-state index contributed by atoms with van der Waals surface area (Å²) in [5.41, 5.74) is 1.15. The van der Waals surface area contributed by atoms with E-state index in [4.69, 9.17) is 4.74 Å². The van der Waals surface area contributed by atoms with Gasteiger partial charge in [-0.15, -0.1) is 24.0 Å². The Kier molecular flexibility index (Phi) is 11.8. The Morgan fingerprint density at radius 2 is 1.88 bits per heavy atom. The fraction of sp³-hybridized carbons (Fsp3) is 0.611. The number of rotatable bonds is 8. The maximum Gasteiger partial charge on any atom is 0.193 e. The Morgan fingerprint density at radius 1 is 1.25 bits per heavy atom. The van der Waals surface area contributed by atoms with Crippen LogP contribution >= 0.6 is 24.0 Å². The highest BCUT2D eigenvalue weighted by Crippen LogP contribution is 2.18. The van der Waals surface area contributed by atoms with Crippen LogP contribution in [0.2, 0.25) is 0 Å². The first kappa shape index (κ1) is 23.0. The minimum Gasteiger partial charge on any atom is -0.496 e. The summed E-state index contributed by atoms with van der Waals surface area (Å²) in [7, 11) is 5.57. The number of nitrogens with zero attached hydrogens (tertiary/aromatic N) is 3. The lowest BCUT2D eigenvalue weighted by Crippen LogP contribution is -2.46. The fourth-order valence-corrected chi connectivity index (χ4v) is 2.76. The number of benzene rings is 1. The summed E-state index contributed by atoms with van der Waals surface area (Å²) >= 11 is 0. The fourth-order valence-electron chi connectivity index (χ4n) is 2.76. The van der Waals surface area contributed by atoms with Crippen molar-refractivity contribution >= 4 is 29.9 Å². The molecule has 0 heterocycles. The molecular weight excluding hydrogens is 415 g/mol. The second-order valence-corrected chi connectivity index (χ2v) is 5.67. The number of hydrogen-bond acceptors (Lipinski definition) is 3. The number of halogens is 1.